The monoisotopic (exact) mass is 444 g/mol. The number of nitrogens with zero attached hydrogens (tertiary/aromatic N) is 4. The molecule has 1 aliphatic rings. The fourth-order valence-corrected chi connectivity index (χ4v) is 4.54. The summed E-state index contributed by atoms with van der Waals surface area (Å²) in [4.78, 5) is 22.4. The standard InChI is InChI=1S/C23H23F3N4O2/c1-5-12-6-19-18(10-27-12)28-21-8-14(13-7-16(25)17(26)9-15(13)24)20(11-29(19)21)30(22(31)32)23(2,3)4/h5-7,9-10,14,20H,1,8,11H2,2-4H3,(H,31,32)/t14-,20+/m1/s1. The zero-order valence-electron chi connectivity index (χ0n) is 17.9. The Labute approximate surface area is 183 Å². The normalized spacial score (nSPS) is 18.4. The van der Waals surface area contributed by atoms with E-state index in [1.165, 1.54) is 4.90 Å². The van der Waals surface area contributed by atoms with E-state index in [4.69, 9.17) is 0 Å². The Morgan fingerprint density at radius 1 is 1.22 bits per heavy atom. The predicted molar refractivity (Wildman–Crippen MR) is 114 cm³/mol. The highest BCUT2D eigenvalue weighted by atomic mass is 19.2. The molecule has 1 aromatic carbocycles. The number of pyridine rings is 1. The molecule has 1 amide bonds. The molecular weight excluding hydrogens is 421 g/mol. The molecule has 3 aromatic rings. The van der Waals surface area contributed by atoms with Gasteiger partial charge in [-0.1, -0.05) is 6.58 Å². The Balaban J connectivity index is 1.93. The van der Waals surface area contributed by atoms with Gasteiger partial charge >= 0.3 is 6.09 Å². The maximum Gasteiger partial charge on any atom is 0.408 e. The molecule has 0 bridgehead atoms. The topological polar surface area (TPSA) is 71.2 Å². The molecule has 1 N–H and O–H groups in total. The molecule has 1 aliphatic heterocycles. The second-order valence-corrected chi connectivity index (χ2v) is 8.93. The molecule has 4 rings (SSSR count). The number of halogens is 3. The number of fused-ring (bicyclic) bond motifs is 3. The van der Waals surface area contributed by atoms with Gasteiger partial charge in [-0.2, -0.15) is 0 Å². The Morgan fingerprint density at radius 3 is 2.53 bits per heavy atom. The first kappa shape index (κ1) is 21.9. The van der Waals surface area contributed by atoms with E-state index < -0.39 is 41.0 Å². The lowest BCUT2D eigenvalue weighted by Crippen LogP contribution is -2.56. The van der Waals surface area contributed by atoms with E-state index in [0.717, 1.165) is 11.6 Å². The molecular formula is C23H23F3N4O2. The minimum absolute atomic E-state index is 0.0763. The van der Waals surface area contributed by atoms with Crippen molar-refractivity contribution in [2.45, 2.75) is 51.2 Å². The first-order valence-electron chi connectivity index (χ1n) is 10.2. The van der Waals surface area contributed by atoms with Crippen LogP contribution in [0.15, 0.2) is 31.0 Å². The summed E-state index contributed by atoms with van der Waals surface area (Å²) >= 11 is 0. The van der Waals surface area contributed by atoms with E-state index in [2.05, 4.69) is 16.5 Å². The van der Waals surface area contributed by atoms with Crippen LogP contribution in [0.3, 0.4) is 0 Å². The van der Waals surface area contributed by atoms with Crippen LogP contribution in [0.5, 0.6) is 0 Å². The first-order valence-corrected chi connectivity index (χ1v) is 10.2. The Bertz CT molecular complexity index is 1230. The van der Waals surface area contributed by atoms with Crippen molar-refractivity contribution in [3.05, 3.63) is 65.5 Å². The lowest BCUT2D eigenvalue weighted by Gasteiger charge is -2.45. The number of rotatable bonds is 3. The summed E-state index contributed by atoms with van der Waals surface area (Å²) in [5.74, 6) is -3.57. The summed E-state index contributed by atoms with van der Waals surface area (Å²) in [5.41, 5.74) is 1.08. The minimum Gasteiger partial charge on any atom is -0.465 e. The van der Waals surface area contributed by atoms with Crippen LogP contribution in [0.4, 0.5) is 18.0 Å². The van der Waals surface area contributed by atoms with Crippen LogP contribution in [-0.2, 0) is 13.0 Å². The van der Waals surface area contributed by atoms with Crippen molar-refractivity contribution in [2.75, 3.05) is 0 Å². The van der Waals surface area contributed by atoms with E-state index in [1.807, 2.05) is 4.57 Å². The van der Waals surface area contributed by atoms with Crippen LogP contribution >= 0.6 is 0 Å². The quantitative estimate of drug-likeness (QED) is 0.579. The molecule has 2 atom stereocenters. The Morgan fingerprint density at radius 2 is 1.91 bits per heavy atom. The van der Waals surface area contributed by atoms with Crippen molar-refractivity contribution in [3.63, 3.8) is 0 Å². The lowest BCUT2D eigenvalue weighted by atomic mass is 9.83. The van der Waals surface area contributed by atoms with Gasteiger partial charge < -0.3 is 9.67 Å². The number of hydrogen-bond donors (Lipinski definition) is 1. The van der Waals surface area contributed by atoms with Gasteiger partial charge in [-0.3, -0.25) is 9.88 Å². The zero-order valence-corrected chi connectivity index (χ0v) is 17.9. The van der Waals surface area contributed by atoms with Crippen molar-refractivity contribution in [3.8, 4) is 0 Å². The molecule has 0 fully saturated rings. The van der Waals surface area contributed by atoms with Crippen molar-refractivity contribution in [1.29, 1.82) is 0 Å². The predicted octanol–water partition coefficient (Wildman–Crippen LogP) is 4.98. The van der Waals surface area contributed by atoms with Crippen LogP contribution in [0.25, 0.3) is 17.1 Å². The fourth-order valence-electron chi connectivity index (χ4n) is 4.54. The van der Waals surface area contributed by atoms with Gasteiger partial charge in [0.1, 0.15) is 17.2 Å². The van der Waals surface area contributed by atoms with Crippen LogP contribution in [0.2, 0.25) is 0 Å². The van der Waals surface area contributed by atoms with Crippen LogP contribution in [0.1, 0.15) is 43.8 Å². The summed E-state index contributed by atoms with van der Waals surface area (Å²) in [6, 6.07) is 2.37. The van der Waals surface area contributed by atoms with E-state index in [0.29, 0.717) is 23.1 Å². The Kier molecular flexibility index (Phi) is 5.22. The summed E-state index contributed by atoms with van der Waals surface area (Å²) in [7, 11) is 0. The summed E-state index contributed by atoms with van der Waals surface area (Å²) in [5, 5.41) is 10.0. The van der Waals surface area contributed by atoms with Crippen molar-refractivity contribution in [1.82, 2.24) is 19.4 Å². The molecule has 0 unspecified atom stereocenters. The lowest BCUT2D eigenvalue weighted by molar-refractivity contribution is 0.0482. The van der Waals surface area contributed by atoms with E-state index in [9.17, 15) is 23.1 Å². The maximum absolute atomic E-state index is 14.8. The molecule has 3 heterocycles. The van der Waals surface area contributed by atoms with Gasteiger partial charge in [-0.15, -0.1) is 0 Å². The van der Waals surface area contributed by atoms with Gasteiger partial charge in [-0.25, -0.2) is 22.9 Å². The summed E-state index contributed by atoms with van der Waals surface area (Å²) in [6.07, 6.45) is 2.15. The third kappa shape index (κ3) is 3.61. The number of carbonyl (C=O) groups is 1. The molecule has 0 radical (unpaired) electrons. The highest BCUT2D eigenvalue weighted by molar-refractivity contribution is 5.77. The summed E-state index contributed by atoms with van der Waals surface area (Å²) < 4.78 is 44.4. The number of benzene rings is 1. The van der Waals surface area contributed by atoms with Crippen LogP contribution in [-0.4, -0.2) is 42.2 Å². The van der Waals surface area contributed by atoms with Crippen LogP contribution < -0.4 is 0 Å². The highest BCUT2D eigenvalue weighted by Gasteiger charge is 2.43. The zero-order chi connectivity index (χ0) is 23.4. The van der Waals surface area contributed by atoms with Gasteiger partial charge in [0.25, 0.3) is 0 Å². The Hall–Kier alpha value is -3.36. The van der Waals surface area contributed by atoms with Crippen molar-refractivity contribution < 1.29 is 23.1 Å². The van der Waals surface area contributed by atoms with E-state index >= 15 is 0 Å². The van der Waals surface area contributed by atoms with Crippen molar-refractivity contribution in [2.24, 2.45) is 0 Å². The minimum atomic E-state index is -1.29. The van der Waals surface area contributed by atoms with E-state index in [1.54, 1.807) is 39.1 Å². The van der Waals surface area contributed by atoms with Gasteiger partial charge in [0.15, 0.2) is 11.6 Å². The molecule has 0 spiro atoms. The second kappa shape index (κ2) is 7.65. The molecule has 0 saturated heterocycles. The number of amides is 1. The SMILES string of the molecule is C=Cc1cc2c(cn1)nc1n2C[C@H](N(C(=O)O)C(C)(C)C)[C@@H](c2cc(F)c(F)cc2F)C1. The summed E-state index contributed by atoms with van der Waals surface area (Å²) in [6.45, 7) is 9.10. The molecule has 9 heteroatoms. The average Bonchev–Trinajstić information content (AvgIpc) is 3.05. The average molecular weight is 444 g/mol. The van der Waals surface area contributed by atoms with E-state index in [-0.39, 0.29) is 18.5 Å². The molecule has 0 aliphatic carbocycles. The fraction of sp³-hybridized carbons (Fsp3) is 0.348. The molecule has 0 saturated carbocycles. The molecule has 6 nitrogen and oxygen atoms in total. The second-order valence-electron chi connectivity index (χ2n) is 8.93. The van der Waals surface area contributed by atoms with Gasteiger partial charge in [0, 0.05) is 30.5 Å². The number of hydrogen-bond acceptors (Lipinski definition) is 3. The number of aromatic nitrogens is 3. The number of imidazole rings is 1. The smallest absolute Gasteiger partial charge is 0.408 e. The molecule has 168 valence electrons. The first-order chi connectivity index (χ1) is 15.0. The molecule has 2 aromatic heterocycles. The third-order valence-corrected chi connectivity index (χ3v) is 5.88. The highest BCUT2D eigenvalue weighted by Crippen LogP contribution is 2.39. The molecule has 32 heavy (non-hydrogen) atoms. The van der Waals surface area contributed by atoms with Gasteiger partial charge in [0.05, 0.1) is 23.4 Å². The van der Waals surface area contributed by atoms with Crippen LogP contribution in [0, 0.1) is 17.5 Å². The maximum atomic E-state index is 14.8. The largest absolute Gasteiger partial charge is 0.465 e. The third-order valence-electron chi connectivity index (χ3n) is 5.88. The van der Waals surface area contributed by atoms with Crippen molar-refractivity contribution >= 4 is 23.2 Å². The van der Waals surface area contributed by atoms with Gasteiger partial charge in [-0.05, 0) is 44.5 Å². The number of carboxylic acid groups (broad SMARTS) is 1. The van der Waals surface area contributed by atoms with Gasteiger partial charge in [0.2, 0.25) is 0 Å².